The second-order valence-corrected chi connectivity index (χ2v) is 6.61. The van der Waals surface area contributed by atoms with E-state index in [-0.39, 0.29) is 41.7 Å². The number of anilines is 1. The van der Waals surface area contributed by atoms with E-state index in [1.54, 1.807) is 6.07 Å². The number of nitrogens with zero attached hydrogens (tertiary/aromatic N) is 3. The van der Waals surface area contributed by atoms with Gasteiger partial charge in [0.05, 0.1) is 22.4 Å². The topological polar surface area (TPSA) is 89.5 Å². The smallest absolute Gasteiger partial charge is 0.271 e. The van der Waals surface area contributed by atoms with E-state index in [4.69, 9.17) is 4.42 Å². The third-order valence-electron chi connectivity index (χ3n) is 4.78. The number of oxazole rings is 1. The van der Waals surface area contributed by atoms with Gasteiger partial charge in [0.25, 0.3) is 5.69 Å². The zero-order chi connectivity index (χ0) is 20.5. The zero-order valence-corrected chi connectivity index (χ0v) is 15.1. The fourth-order valence-electron chi connectivity index (χ4n) is 3.33. The van der Waals surface area contributed by atoms with Gasteiger partial charge in [-0.2, -0.15) is 0 Å². The molecule has 29 heavy (non-hydrogen) atoms. The highest BCUT2D eigenvalue weighted by molar-refractivity contribution is 5.95. The minimum Gasteiger partial charge on any atom is -0.441 e. The minimum atomic E-state index is -0.765. The Bertz CT molecular complexity index is 1110. The van der Waals surface area contributed by atoms with E-state index in [1.165, 1.54) is 29.3 Å². The predicted octanol–water partition coefficient (Wildman–Crippen LogP) is 4.05. The third-order valence-corrected chi connectivity index (χ3v) is 4.78. The Morgan fingerprint density at radius 2 is 2.07 bits per heavy atom. The molecule has 1 aromatic heterocycles. The lowest BCUT2D eigenvalue weighted by atomic mass is 10.1. The number of non-ortho nitro benzene ring substituents is 1. The minimum absolute atomic E-state index is 0.0675. The molecule has 0 unspecified atom stereocenters. The fraction of sp³-hybridized carbons (Fsp3) is 0.200. The first-order valence-corrected chi connectivity index (χ1v) is 8.90. The van der Waals surface area contributed by atoms with Gasteiger partial charge in [-0.3, -0.25) is 14.9 Å². The average Bonchev–Trinajstić information content (AvgIpc) is 3.32. The molecule has 3 aromatic rings. The molecule has 1 aliphatic heterocycles. The van der Waals surface area contributed by atoms with Gasteiger partial charge in [-0.1, -0.05) is 6.07 Å². The lowest BCUT2D eigenvalue weighted by molar-refractivity contribution is -0.384. The summed E-state index contributed by atoms with van der Waals surface area (Å²) in [6.45, 7) is 0.451. The van der Waals surface area contributed by atoms with Crippen LogP contribution in [0, 0.1) is 21.7 Å². The SMILES string of the molecule is O=C(CCc1ncc(-c2ccc(F)cc2F)o1)N1CCc2ccc([N+](=O)[O-])cc21. The number of carbonyl (C=O) groups excluding carboxylic acids is 1. The first kappa shape index (κ1) is 18.7. The summed E-state index contributed by atoms with van der Waals surface area (Å²) in [5.41, 5.74) is 1.44. The third kappa shape index (κ3) is 3.71. The molecule has 148 valence electrons. The predicted molar refractivity (Wildman–Crippen MR) is 99.3 cm³/mol. The van der Waals surface area contributed by atoms with Crippen LogP contribution in [0.4, 0.5) is 20.2 Å². The van der Waals surface area contributed by atoms with E-state index >= 15 is 0 Å². The van der Waals surface area contributed by atoms with Crippen molar-refractivity contribution in [1.82, 2.24) is 4.98 Å². The first-order chi connectivity index (χ1) is 13.9. The molecule has 0 bridgehead atoms. The number of amides is 1. The zero-order valence-electron chi connectivity index (χ0n) is 15.1. The summed E-state index contributed by atoms with van der Waals surface area (Å²) in [7, 11) is 0. The Labute approximate surface area is 163 Å². The molecule has 0 radical (unpaired) electrons. The maximum Gasteiger partial charge on any atom is 0.271 e. The summed E-state index contributed by atoms with van der Waals surface area (Å²) < 4.78 is 32.4. The van der Waals surface area contributed by atoms with E-state index in [0.29, 0.717) is 18.7 Å². The van der Waals surface area contributed by atoms with E-state index in [2.05, 4.69) is 4.98 Å². The van der Waals surface area contributed by atoms with E-state index < -0.39 is 16.6 Å². The lowest BCUT2D eigenvalue weighted by Crippen LogP contribution is -2.29. The summed E-state index contributed by atoms with van der Waals surface area (Å²) in [6, 6.07) is 7.63. The Morgan fingerprint density at radius 1 is 1.24 bits per heavy atom. The van der Waals surface area contributed by atoms with Gasteiger partial charge in [0, 0.05) is 37.6 Å². The van der Waals surface area contributed by atoms with Crippen molar-refractivity contribution >= 4 is 17.3 Å². The summed E-state index contributed by atoms with van der Waals surface area (Å²) in [5, 5.41) is 11.0. The van der Waals surface area contributed by atoms with Gasteiger partial charge in [0.15, 0.2) is 11.7 Å². The largest absolute Gasteiger partial charge is 0.441 e. The van der Waals surface area contributed by atoms with Crippen molar-refractivity contribution in [2.45, 2.75) is 19.3 Å². The normalized spacial score (nSPS) is 12.8. The van der Waals surface area contributed by atoms with Crippen molar-refractivity contribution in [3.63, 3.8) is 0 Å². The van der Waals surface area contributed by atoms with Crippen LogP contribution in [0.15, 0.2) is 47.0 Å². The van der Waals surface area contributed by atoms with Gasteiger partial charge in [-0.15, -0.1) is 0 Å². The molecule has 2 heterocycles. The van der Waals surface area contributed by atoms with E-state index in [1.807, 2.05) is 0 Å². The van der Waals surface area contributed by atoms with Crippen molar-refractivity contribution in [2.75, 3.05) is 11.4 Å². The van der Waals surface area contributed by atoms with Crippen molar-refractivity contribution in [2.24, 2.45) is 0 Å². The molecular weight excluding hydrogens is 384 g/mol. The summed E-state index contributed by atoms with van der Waals surface area (Å²) in [5.74, 6) is -1.28. The molecule has 1 amide bonds. The van der Waals surface area contributed by atoms with Crippen LogP contribution in [-0.4, -0.2) is 22.4 Å². The maximum absolute atomic E-state index is 13.9. The molecule has 0 fully saturated rings. The maximum atomic E-state index is 13.9. The number of benzene rings is 2. The van der Waals surface area contributed by atoms with Crippen LogP contribution in [0.1, 0.15) is 17.9 Å². The number of hydrogen-bond acceptors (Lipinski definition) is 5. The van der Waals surface area contributed by atoms with Crippen molar-refractivity contribution in [3.8, 4) is 11.3 Å². The van der Waals surface area contributed by atoms with Crippen LogP contribution in [0.2, 0.25) is 0 Å². The van der Waals surface area contributed by atoms with Gasteiger partial charge in [-0.25, -0.2) is 13.8 Å². The second-order valence-electron chi connectivity index (χ2n) is 6.61. The average molecular weight is 399 g/mol. The van der Waals surface area contributed by atoms with Gasteiger partial charge < -0.3 is 9.32 Å². The van der Waals surface area contributed by atoms with E-state index in [9.17, 15) is 23.7 Å². The molecule has 2 aromatic carbocycles. The molecule has 7 nitrogen and oxygen atoms in total. The number of aromatic nitrogens is 1. The molecular formula is C20H15F2N3O4. The Kier molecular flexibility index (Phi) is 4.79. The van der Waals surface area contributed by atoms with Crippen LogP contribution in [0.5, 0.6) is 0 Å². The number of rotatable bonds is 5. The lowest BCUT2D eigenvalue weighted by Gasteiger charge is -2.16. The van der Waals surface area contributed by atoms with Crippen molar-refractivity contribution < 1.29 is 22.9 Å². The fourth-order valence-corrected chi connectivity index (χ4v) is 3.33. The van der Waals surface area contributed by atoms with Crippen LogP contribution in [-0.2, 0) is 17.6 Å². The molecule has 0 saturated heterocycles. The number of carbonyl (C=O) groups is 1. The molecule has 0 aliphatic carbocycles. The van der Waals surface area contributed by atoms with Gasteiger partial charge in [-0.05, 0) is 24.1 Å². The summed E-state index contributed by atoms with van der Waals surface area (Å²) >= 11 is 0. The monoisotopic (exact) mass is 399 g/mol. The summed E-state index contributed by atoms with van der Waals surface area (Å²) in [4.78, 5) is 28.7. The number of fused-ring (bicyclic) bond motifs is 1. The molecule has 0 atom stereocenters. The quantitative estimate of drug-likeness (QED) is 0.477. The van der Waals surface area contributed by atoms with Crippen LogP contribution in [0.25, 0.3) is 11.3 Å². The highest BCUT2D eigenvalue weighted by atomic mass is 19.1. The van der Waals surface area contributed by atoms with Gasteiger partial charge >= 0.3 is 0 Å². The molecule has 0 spiro atoms. The first-order valence-electron chi connectivity index (χ1n) is 8.90. The van der Waals surface area contributed by atoms with Crippen molar-refractivity contribution in [3.05, 3.63) is 75.8 Å². The van der Waals surface area contributed by atoms with Crippen molar-refractivity contribution in [1.29, 1.82) is 0 Å². The highest BCUT2D eigenvalue weighted by Gasteiger charge is 2.26. The molecule has 4 rings (SSSR count). The number of nitro groups is 1. The molecule has 0 saturated carbocycles. The van der Waals surface area contributed by atoms with Crippen LogP contribution >= 0.6 is 0 Å². The number of aryl methyl sites for hydroxylation is 1. The van der Waals surface area contributed by atoms with Crippen LogP contribution in [0.3, 0.4) is 0 Å². The van der Waals surface area contributed by atoms with Crippen LogP contribution < -0.4 is 4.90 Å². The van der Waals surface area contributed by atoms with Gasteiger partial charge in [0.2, 0.25) is 5.91 Å². The second kappa shape index (κ2) is 7.42. The Hall–Kier alpha value is -3.62. The number of hydrogen-bond donors (Lipinski definition) is 0. The van der Waals surface area contributed by atoms with Gasteiger partial charge in [0.1, 0.15) is 11.6 Å². The molecule has 0 N–H and O–H groups in total. The molecule has 9 heteroatoms. The Balaban J connectivity index is 1.45. The summed E-state index contributed by atoms with van der Waals surface area (Å²) in [6.07, 6.45) is 2.22. The highest BCUT2D eigenvalue weighted by Crippen LogP contribution is 2.32. The standard InChI is InChI=1S/C20H15F2N3O4/c21-13-2-4-15(16(22)9-13)18-11-23-19(29-18)5-6-20(26)24-8-7-12-1-3-14(25(27)28)10-17(12)24/h1-4,9-11H,5-8H2. The number of nitro benzene ring substituents is 1. The Morgan fingerprint density at radius 3 is 2.83 bits per heavy atom. The number of halogens is 2. The molecule has 1 aliphatic rings. The van der Waals surface area contributed by atoms with E-state index in [0.717, 1.165) is 17.7 Å².